The molecule has 5 aromatic rings. The third-order valence-electron chi connectivity index (χ3n) is 7.70. The van der Waals surface area contributed by atoms with E-state index in [1.165, 1.54) is 11.8 Å². The highest BCUT2D eigenvalue weighted by atomic mass is 79.9. The summed E-state index contributed by atoms with van der Waals surface area (Å²) in [5.74, 6) is 3.46. The molecule has 4 aromatic carbocycles. The number of ether oxygens (including phenoxy) is 5. The van der Waals surface area contributed by atoms with Gasteiger partial charge in [0.2, 0.25) is 6.79 Å². The number of methoxy groups -OCH3 is 2. The molecule has 1 aliphatic rings. The van der Waals surface area contributed by atoms with Gasteiger partial charge in [-0.25, -0.2) is 4.98 Å². The largest absolute Gasteiger partial charge is 0.496 e. The number of nitrogens with zero attached hydrogens (tertiary/aromatic N) is 3. The molecule has 0 atom stereocenters. The van der Waals surface area contributed by atoms with Gasteiger partial charge in [0.15, 0.2) is 28.8 Å². The Labute approximate surface area is 279 Å². The van der Waals surface area contributed by atoms with Crippen LogP contribution < -0.4 is 29.2 Å². The summed E-state index contributed by atoms with van der Waals surface area (Å²) in [6.07, 6.45) is 1.55. The summed E-state index contributed by atoms with van der Waals surface area (Å²) in [5, 5.41) is 5.40. The van der Waals surface area contributed by atoms with Crippen LogP contribution in [0.15, 0.2) is 75.0 Å². The molecule has 2 heterocycles. The SMILES string of the molecule is COc1cc(C)c(-c2nc3ccccc3c(=O)n2N=Cc2cc(OC)c(OCc3ccc4c(c3)OCO4)c(Cl)c2Br)cc1C(C)C. The zero-order valence-corrected chi connectivity index (χ0v) is 28.2. The van der Waals surface area contributed by atoms with Gasteiger partial charge in [-0.05, 0) is 87.9 Å². The number of hydrogen-bond donors (Lipinski definition) is 0. The van der Waals surface area contributed by atoms with E-state index in [1.807, 2.05) is 49.4 Å². The van der Waals surface area contributed by atoms with Crippen LogP contribution in [-0.4, -0.2) is 36.9 Å². The maximum Gasteiger partial charge on any atom is 0.282 e. The summed E-state index contributed by atoms with van der Waals surface area (Å²) in [7, 11) is 3.18. The Morgan fingerprint density at radius 1 is 1.04 bits per heavy atom. The van der Waals surface area contributed by atoms with Crippen LogP contribution >= 0.6 is 27.5 Å². The van der Waals surface area contributed by atoms with Crippen molar-refractivity contribution in [2.45, 2.75) is 33.3 Å². The third kappa shape index (κ3) is 5.90. The normalized spacial score (nSPS) is 12.3. The maximum atomic E-state index is 13.9. The summed E-state index contributed by atoms with van der Waals surface area (Å²) in [5.41, 5.74) is 4.36. The van der Waals surface area contributed by atoms with Crippen LogP contribution in [0.25, 0.3) is 22.3 Å². The number of aryl methyl sites for hydroxylation is 1. The van der Waals surface area contributed by atoms with Crippen LogP contribution in [0, 0.1) is 6.92 Å². The van der Waals surface area contributed by atoms with Crippen molar-refractivity contribution in [3.05, 3.63) is 103 Å². The molecule has 0 amide bonds. The van der Waals surface area contributed by atoms with E-state index in [2.05, 4.69) is 34.9 Å². The first-order valence-electron chi connectivity index (χ1n) is 14.5. The molecular formula is C35H31BrClN3O6. The second-order valence-corrected chi connectivity index (χ2v) is 12.2. The number of benzene rings is 4. The number of halogens is 2. The predicted molar refractivity (Wildman–Crippen MR) is 182 cm³/mol. The highest BCUT2D eigenvalue weighted by Gasteiger charge is 2.21. The first-order chi connectivity index (χ1) is 22.2. The van der Waals surface area contributed by atoms with E-state index in [0.717, 1.165) is 28.0 Å². The third-order valence-corrected chi connectivity index (χ3v) is 9.14. The van der Waals surface area contributed by atoms with E-state index >= 15 is 0 Å². The van der Waals surface area contributed by atoms with Gasteiger partial charge >= 0.3 is 0 Å². The average Bonchev–Trinajstić information content (AvgIpc) is 3.53. The number of rotatable bonds is 9. The Kier molecular flexibility index (Phi) is 8.93. The molecule has 0 bridgehead atoms. The van der Waals surface area contributed by atoms with E-state index in [9.17, 15) is 4.79 Å². The van der Waals surface area contributed by atoms with Crippen LogP contribution in [0.2, 0.25) is 5.02 Å². The van der Waals surface area contributed by atoms with Crippen molar-refractivity contribution >= 4 is 44.6 Å². The lowest BCUT2D eigenvalue weighted by atomic mass is 9.96. The standard InChI is InChI=1S/C35H31BrClN3O6/c1-19(2)24-15-25(20(3)12-28(24)42-4)34-39-26-9-7-6-8-23(26)35(41)40(34)38-16-22-14-30(43-5)33(32(37)31(22)36)44-17-21-10-11-27-29(13-21)46-18-45-27/h6-16,19H,17-18H2,1-5H3. The molecule has 46 heavy (non-hydrogen) atoms. The minimum Gasteiger partial charge on any atom is -0.496 e. The van der Waals surface area contributed by atoms with Crippen LogP contribution in [0.5, 0.6) is 28.7 Å². The minimum absolute atomic E-state index is 0.176. The molecule has 6 rings (SSSR count). The Balaban J connectivity index is 1.41. The first kappa shape index (κ1) is 31.4. The van der Waals surface area contributed by atoms with Crippen molar-refractivity contribution < 1.29 is 23.7 Å². The monoisotopic (exact) mass is 703 g/mol. The molecule has 1 aromatic heterocycles. The van der Waals surface area contributed by atoms with Crippen molar-refractivity contribution in [1.29, 1.82) is 0 Å². The second-order valence-electron chi connectivity index (χ2n) is 11.0. The molecule has 0 unspecified atom stereocenters. The number of hydrogen-bond acceptors (Lipinski definition) is 8. The van der Waals surface area contributed by atoms with Crippen molar-refractivity contribution in [2.24, 2.45) is 5.10 Å². The van der Waals surface area contributed by atoms with E-state index in [-0.39, 0.29) is 24.9 Å². The molecule has 0 saturated carbocycles. The molecule has 0 fully saturated rings. The van der Waals surface area contributed by atoms with Gasteiger partial charge in [-0.1, -0.05) is 43.6 Å². The van der Waals surface area contributed by atoms with Gasteiger partial charge < -0.3 is 23.7 Å². The fourth-order valence-electron chi connectivity index (χ4n) is 5.26. The second kappa shape index (κ2) is 13.1. The van der Waals surface area contributed by atoms with Gasteiger partial charge in [-0.3, -0.25) is 4.79 Å². The molecule has 0 aliphatic carbocycles. The first-order valence-corrected chi connectivity index (χ1v) is 15.7. The van der Waals surface area contributed by atoms with Gasteiger partial charge in [-0.2, -0.15) is 9.78 Å². The fourth-order valence-corrected chi connectivity index (χ4v) is 5.92. The summed E-state index contributed by atoms with van der Waals surface area (Å²) in [6, 6.07) is 18.5. The van der Waals surface area contributed by atoms with E-state index < -0.39 is 0 Å². The molecule has 236 valence electrons. The van der Waals surface area contributed by atoms with Gasteiger partial charge in [0.1, 0.15) is 17.4 Å². The lowest BCUT2D eigenvalue weighted by Crippen LogP contribution is -2.21. The number of para-hydroxylation sites is 1. The molecule has 1 aliphatic heterocycles. The van der Waals surface area contributed by atoms with Crippen molar-refractivity contribution in [3.63, 3.8) is 0 Å². The molecule has 9 nitrogen and oxygen atoms in total. The molecular weight excluding hydrogens is 674 g/mol. The zero-order chi connectivity index (χ0) is 32.5. The maximum absolute atomic E-state index is 13.9. The van der Waals surface area contributed by atoms with Gasteiger partial charge in [-0.15, -0.1) is 0 Å². The predicted octanol–water partition coefficient (Wildman–Crippen LogP) is 8.12. The summed E-state index contributed by atoms with van der Waals surface area (Å²) >= 11 is 10.4. The van der Waals surface area contributed by atoms with Gasteiger partial charge in [0, 0.05) is 15.6 Å². The van der Waals surface area contributed by atoms with Crippen LogP contribution in [0.4, 0.5) is 0 Å². The van der Waals surface area contributed by atoms with Crippen molar-refractivity contribution in [1.82, 2.24) is 9.66 Å². The zero-order valence-electron chi connectivity index (χ0n) is 25.9. The minimum atomic E-state index is -0.309. The van der Waals surface area contributed by atoms with Crippen molar-refractivity contribution in [3.8, 4) is 40.1 Å². The Morgan fingerprint density at radius 2 is 1.80 bits per heavy atom. The molecule has 0 spiro atoms. The molecule has 11 heteroatoms. The van der Waals surface area contributed by atoms with E-state index in [1.54, 1.807) is 31.5 Å². The van der Waals surface area contributed by atoms with Gasteiger partial charge in [0.05, 0.1) is 31.3 Å². The highest BCUT2D eigenvalue weighted by Crippen LogP contribution is 2.43. The average molecular weight is 705 g/mol. The Bertz CT molecular complexity index is 2060. The Hall–Kier alpha value is -4.54. The lowest BCUT2D eigenvalue weighted by Gasteiger charge is -2.17. The Morgan fingerprint density at radius 3 is 2.57 bits per heavy atom. The summed E-state index contributed by atoms with van der Waals surface area (Å²) in [6.45, 7) is 6.55. The van der Waals surface area contributed by atoms with E-state index in [4.69, 9.17) is 40.3 Å². The number of fused-ring (bicyclic) bond motifs is 2. The summed E-state index contributed by atoms with van der Waals surface area (Å²) < 4.78 is 30.1. The molecule has 0 N–H and O–H groups in total. The molecule has 0 saturated heterocycles. The summed E-state index contributed by atoms with van der Waals surface area (Å²) in [4.78, 5) is 18.8. The van der Waals surface area contributed by atoms with Gasteiger partial charge in [0.25, 0.3) is 5.56 Å². The van der Waals surface area contributed by atoms with Crippen LogP contribution in [-0.2, 0) is 6.61 Å². The highest BCUT2D eigenvalue weighted by molar-refractivity contribution is 9.10. The molecule has 0 radical (unpaired) electrons. The fraction of sp³-hybridized carbons (Fsp3) is 0.229. The van der Waals surface area contributed by atoms with Crippen molar-refractivity contribution in [2.75, 3.05) is 21.0 Å². The quantitative estimate of drug-likeness (QED) is 0.143. The number of aromatic nitrogens is 2. The van der Waals surface area contributed by atoms with E-state index in [0.29, 0.717) is 54.8 Å². The topological polar surface area (TPSA) is 93.4 Å². The smallest absolute Gasteiger partial charge is 0.282 e. The van der Waals surface area contributed by atoms with Crippen LogP contribution in [0.3, 0.4) is 0 Å². The lowest BCUT2D eigenvalue weighted by molar-refractivity contribution is 0.174. The van der Waals surface area contributed by atoms with Crippen LogP contribution in [0.1, 0.15) is 42.0 Å².